The normalized spacial score (nSPS) is 14.9. The van der Waals surface area contributed by atoms with Gasteiger partial charge in [0, 0.05) is 30.5 Å². The van der Waals surface area contributed by atoms with Crippen LogP contribution in [0.3, 0.4) is 0 Å². The molecule has 0 aromatic heterocycles. The highest BCUT2D eigenvalue weighted by atomic mass is 35.5. The van der Waals surface area contributed by atoms with E-state index < -0.39 is 10.0 Å². The maximum absolute atomic E-state index is 12.6. The molecule has 1 heterocycles. The second-order valence-electron chi connectivity index (χ2n) is 6.94. The smallest absolute Gasteiger partial charge is 0.251 e. The largest absolute Gasteiger partial charge is 0.348 e. The molecule has 1 fully saturated rings. The molecule has 1 aliphatic rings. The molecule has 0 radical (unpaired) electrons. The average molecular weight is 423 g/mol. The lowest BCUT2D eigenvalue weighted by molar-refractivity contribution is -0.901. The maximum Gasteiger partial charge on any atom is 0.251 e. The minimum atomic E-state index is -3.74. The van der Waals surface area contributed by atoms with Crippen molar-refractivity contribution in [3.05, 3.63) is 64.2 Å². The van der Waals surface area contributed by atoms with Crippen LogP contribution in [0.1, 0.15) is 34.3 Å². The van der Waals surface area contributed by atoms with Crippen molar-refractivity contribution in [2.45, 2.75) is 30.8 Å². The quantitative estimate of drug-likeness (QED) is 0.630. The summed E-state index contributed by atoms with van der Waals surface area (Å²) in [6.45, 7) is 3.72. The van der Waals surface area contributed by atoms with Gasteiger partial charge in [-0.3, -0.25) is 4.79 Å². The number of nitrogens with one attached hydrogen (secondary N) is 3. The van der Waals surface area contributed by atoms with Gasteiger partial charge in [-0.05, 0) is 30.8 Å². The molecule has 0 unspecified atom stereocenters. The average Bonchev–Trinajstić information content (AvgIpc) is 3.20. The lowest BCUT2D eigenvalue weighted by atomic mass is 10.1. The van der Waals surface area contributed by atoms with Crippen LogP contribution >= 0.6 is 11.6 Å². The maximum atomic E-state index is 12.6. The lowest BCUT2D eigenvalue weighted by Crippen LogP contribution is -3.08. The van der Waals surface area contributed by atoms with Gasteiger partial charge in [0.2, 0.25) is 10.0 Å². The fourth-order valence-corrected chi connectivity index (χ4v) is 4.71. The molecule has 2 aromatic carbocycles. The number of hydrogen-bond acceptors (Lipinski definition) is 3. The van der Waals surface area contributed by atoms with Gasteiger partial charge in [-0.25, -0.2) is 13.1 Å². The van der Waals surface area contributed by atoms with Crippen molar-refractivity contribution in [3.8, 4) is 0 Å². The highest BCUT2D eigenvalue weighted by Gasteiger charge is 2.19. The van der Waals surface area contributed by atoms with Gasteiger partial charge < -0.3 is 10.2 Å². The molecule has 0 atom stereocenters. The van der Waals surface area contributed by atoms with Crippen LogP contribution in [0, 0.1) is 0 Å². The van der Waals surface area contributed by atoms with E-state index in [0.717, 1.165) is 12.1 Å². The van der Waals surface area contributed by atoms with E-state index in [1.807, 2.05) is 18.2 Å². The second kappa shape index (κ2) is 9.05. The summed E-state index contributed by atoms with van der Waals surface area (Å²) in [6, 6.07) is 12.3. The Labute approximate surface area is 170 Å². The van der Waals surface area contributed by atoms with E-state index in [0.29, 0.717) is 6.54 Å². The van der Waals surface area contributed by atoms with Crippen LogP contribution in [-0.4, -0.2) is 34.5 Å². The van der Waals surface area contributed by atoms with Crippen LogP contribution in [0.25, 0.3) is 0 Å². The standard InChI is InChI=1S/C20H24ClN3O3S/c1-22-28(26,27)19-12-15(8-9-18(19)21)20(25)23-13-16-6-2-3-7-17(16)14-24-10-4-5-11-24/h2-3,6-9,12,22H,4-5,10-11,13-14H2,1H3,(H,23,25)/p+1. The molecule has 8 heteroatoms. The molecule has 2 aromatic rings. The molecule has 1 aliphatic heterocycles. The van der Waals surface area contributed by atoms with E-state index in [2.05, 4.69) is 16.1 Å². The molecular weight excluding hydrogens is 398 g/mol. The Bertz CT molecular complexity index is 957. The van der Waals surface area contributed by atoms with E-state index in [9.17, 15) is 13.2 Å². The Balaban J connectivity index is 1.72. The van der Waals surface area contributed by atoms with Crippen LogP contribution < -0.4 is 14.9 Å². The Morgan fingerprint density at radius 1 is 1.11 bits per heavy atom. The molecule has 0 bridgehead atoms. The number of carbonyl (C=O) groups excluding carboxylic acids is 1. The number of sulfonamides is 1. The topological polar surface area (TPSA) is 79.7 Å². The zero-order chi connectivity index (χ0) is 20.1. The van der Waals surface area contributed by atoms with E-state index in [4.69, 9.17) is 11.6 Å². The summed E-state index contributed by atoms with van der Waals surface area (Å²) in [5, 5.41) is 2.96. The summed E-state index contributed by atoms with van der Waals surface area (Å²) in [4.78, 5) is 14.0. The Morgan fingerprint density at radius 2 is 1.79 bits per heavy atom. The van der Waals surface area contributed by atoms with Crippen molar-refractivity contribution in [3.63, 3.8) is 0 Å². The minimum absolute atomic E-state index is 0.0739. The number of rotatable bonds is 7. The van der Waals surface area contributed by atoms with Gasteiger partial charge in [-0.15, -0.1) is 0 Å². The zero-order valence-corrected chi connectivity index (χ0v) is 17.4. The molecule has 0 spiro atoms. The van der Waals surface area contributed by atoms with Gasteiger partial charge in [0.15, 0.2) is 0 Å². The highest BCUT2D eigenvalue weighted by Crippen LogP contribution is 2.22. The Hall–Kier alpha value is -1.93. The van der Waals surface area contributed by atoms with Crippen molar-refractivity contribution in [1.82, 2.24) is 10.0 Å². The summed E-state index contributed by atoms with van der Waals surface area (Å²) >= 11 is 5.99. The third-order valence-electron chi connectivity index (χ3n) is 5.06. The first-order valence-corrected chi connectivity index (χ1v) is 11.2. The molecular formula is C20H25ClN3O3S+. The third-order valence-corrected chi connectivity index (χ3v) is 6.96. The summed E-state index contributed by atoms with van der Waals surface area (Å²) in [5.41, 5.74) is 2.56. The number of benzene rings is 2. The van der Waals surface area contributed by atoms with Crippen molar-refractivity contribution < 1.29 is 18.1 Å². The van der Waals surface area contributed by atoms with Crippen LogP contribution in [-0.2, 0) is 23.1 Å². The number of carbonyl (C=O) groups is 1. The van der Waals surface area contributed by atoms with Crippen molar-refractivity contribution >= 4 is 27.5 Å². The van der Waals surface area contributed by atoms with Gasteiger partial charge in [0.05, 0.1) is 18.1 Å². The van der Waals surface area contributed by atoms with E-state index in [-0.39, 0.29) is 21.4 Å². The summed E-state index contributed by atoms with van der Waals surface area (Å²) in [6.07, 6.45) is 2.53. The molecule has 0 saturated carbocycles. The van der Waals surface area contributed by atoms with E-state index >= 15 is 0 Å². The van der Waals surface area contributed by atoms with Gasteiger partial charge in [0.25, 0.3) is 5.91 Å². The predicted molar refractivity (Wildman–Crippen MR) is 109 cm³/mol. The Kier molecular flexibility index (Phi) is 6.72. The fraction of sp³-hybridized carbons (Fsp3) is 0.350. The van der Waals surface area contributed by atoms with Gasteiger partial charge in [-0.1, -0.05) is 35.9 Å². The Morgan fingerprint density at radius 3 is 2.46 bits per heavy atom. The molecule has 0 aliphatic carbocycles. The second-order valence-corrected chi connectivity index (χ2v) is 9.20. The monoisotopic (exact) mass is 422 g/mol. The first-order chi connectivity index (χ1) is 13.4. The van der Waals surface area contributed by atoms with Crippen molar-refractivity contribution in [2.24, 2.45) is 0 Å². The number of hydrogen-bond donors (Lipinski definition) is 3. The number of amides is 1. The van der Waals surface area contributed by atoms with Gasteiger partial charge in [0.1, 0.15) is 11.4 Å². The SMILES string of the molecule is CNS(=O)(=O)c1cc(C(=O)NCc2ccccc2C[NH+]2CCCC2)ccc1Cl. The number of likely N-dealkylation sites (tertiary alicyclic amines) is 1. The summed E-state index contributed by atoms with van der Waals surface area (Å²) < 4.78 is 26.3. The molecule has 3 N–H and O–H groups in total. The van der Waals surface area contributed by atoms with Gasteiger partial charge in [-0.2, -0.15) is 0 Å². The molecule has 3 rings (SSSR count). The first-order valence-electron chi connectivity index (χ1n) is 9.32. The molecule has 1 saturated heterocycles. The molecule has 6 nitrogen and oxygen atoms in total. The number of halogens is 1. The predicted octanol–water partition coefficient (Wildman–Crippen LogP) is 1.36. The van der Waals surface area contributed by atoms with E-state index in [1.54, 1.807) is 4.90 Å². The molecule has 1 amide bonds. The molecule has 150 valence electrons. The van der Waals surface area contributed by atoms with Crippen molar-refractivity contribution in [1.29, 1.82) is 0 Å². The van der Waals surface area contributed by atoms with Gasteiger partial charge >= 0.3 is 0 Å². The highest BCUT2D eigenvalue weighted by molar-refractivity contribution is 7.89. The summed E-state index contributed by atoms with van der Waals surface area (Å²) in [7, 11) is -2.43. The van der Waals surface area contributed by atoms with Crippen LogP contribution in [0.5, 0.6) is 0 Å². The lowest BCUT2D eigenvalue weighted by Gasteiger charge is -2.15. The zero-order valence-electron chi connectivity index (χ0n) is 15.8. The van der Waals surface area contributed by atoms with Crippen LogP contribution in [0.4, 0.5) is 0 Å². The van der Waals surface area contributed by atoms with Crippen LogP contribution in [0.15, 0.2) is 47.4 Å². The van der Waals surface area contributed by atoms with Crippen LogP contribution in [0.2, 0.25) is 5.02 Å². The first kappa shape index (κ1) is 20.8. The summed E-state index contributed by atoms with van der Waals surface area (Å²) in [5.74, 6) is -0.340. The molecule has 28 heavy (non-hydrogen) atoms. The van der Waals surface area contributed by atoms with Crippen molar-refractivity contribution in [2.75, 3.05) is 20.1 Å². The fourth-order valence-electron chi connectivity index (χ4n) is 3.46. The minimum Gasteiger partial charge on any atom is -0.348 e. The number of quaternary nitrogens is 1. The third kappa shape index (κ3) is 4.91. The van der Waals surface area contributed by atoms with E-state index in [1.165, 1.54) is 56.7 Å².